The Balaban J connectivity index is 1.74. The van der Waals surface area contributed by atoms with Gasteiger partial charge in [0.25, 0.3) is 0 Å². The largest absolute Gasteiger partial charge is 0.490 e. The summed E-state index contributed by atoms with van der Waals surface area (Å²) in [7, 11) is 0. The van der Waals surface area contributed by atoms with Crippen molar-refractivity contribution >= 4 is 22.9 Å². The number of nitrogens with one attached hydrogen (secondary N) is 1. The van der Waals surface area contributed by atoms with Gasteiger partial charge in [-0.15, -0.1) is 0 Å². The SMILES string of the molecule is CCOc1cc(/C=N\NC(C)=O)ccc1OCc1ccc2ccccc2c1. The molecule has 0 saturated carbocycles. The molecule has 3 aromatic carbocycles. The quantitative estimate of drug-likeness (QED) is 0.504. The number of amides is 1. The van der Waals surface area contributed by atoms with Crippen LogP contribution in [0.4, 0.5) is 0 Å². The van der Waals surface area contributed by atoms with E-state index in [4.69, 9.17) is 9.47 Å². The maximum Gasteiger partial charge on any atom is 0.236 e. The van der Waals surface area contributed by atoms with Crippen molar-refractivity contribution in [2.45, 2.75) is 20.5 Å². The third-order valence-electron chi connectivity index (χ3n) is 3.91. The van der Waals surface area contributed by atoms with Gasteiger partial charge in [0.1, 0.15) is 6.61 Å². The van der Waals surface area contributed by atoms with Gasteiger partial charge in [-0.1, -0.05) is 36.4 Å². The summed E-state index contributed by atoms with van der Waals surface area (Å²) in [6.07, 6.45) is 1.57. The van der Waals surface area contributed by atoms with E-state index in [0.717, 1.165) is 11.1 Å². The minimum atomic E-state index is -0.216. The molecule has 138 valence electrons. The van der Waals surface area contributed by atoms with Gasteiger partial charge in [0.15, 0.2) is 11.5 Å². The van der Waals surface area contributed by atoms with Crippen LogP contribution in [0.3, 0.4) is 0 Å². The summed E-state index contributed by atoms with van der Waals surface area (Å²) in [6, 6.07) is 20.1. The maximum absolute atomic E-state index is 10.9. The van der Waals surface area contributed by atoms with Crippen LogP contribution < -0.4 is 14.9 Å². The van der Waals surface area contributed by atoms with E-state index in [1.54, 1.807) is 6.21 Å². The van der Waals surface area contributed by atoms with E-state index in [0.29, 0.717) is 24.7 Å². The number of carbonyl (C=O) groups excluding carboxylic acids is 1. The molecule has 0 aromatic heterocycles. The van der Waals surface area contributed by atoms with Gasteiger partial charge in [0.05, 0.1) is 12.8 Å². The number of benzene rings is 3. The highest BCUT2D eigenvalue weighted by atomic mass is 16.5. The fourth-order valence-electron chi connectivity index (χ4n) is 2.68. The normalized spacial score (nSPS) is 10.9. The first-order valence-corrected chi connectivity index (χ1v) is 8.82. The molecule has 0 heterocycles. The van der Waals surface area contributed by atoms with Gasteiger partial charge in [-0.25, -0.2) is 5.43 Å². The van der Waals surface area contributed by atoms with Crippen LogP contribution in [0.5, 0.6) is 11.5 Å². The maximum atomic E-state index is 10.9. The second kappa shape index (κ2) is 8.85. The lowest BCUT2D eigenvalue weighted by Gasteiger charge is -2.13. The molecule has 0 aliphatic heterocycles. The number of ether oxygens (including phenoxy) is 2. The standard InChI is InChI=1S/C22H22N2O3/c1-3-26-22-13-17(14-23-24-16(2)25)9-11-21(22)27-15-18-8-10-19-6-4-5-7-20(19)12-18/h4-14H,3,15H2,1-2H3,(H,24,25)/b23-14-. The lowest BCUT2D eigenvalue weighted by atomic mass is 10.1. The van der Waals surface area contributed by atoms with Crippen LogP contribution in [-0.4, -0.2) is 18.7 Å². The van der Waals surface area contributed by atoms with Gasteiger partial charge >= 0.3 is 0 Å². The predicted molar refractivity (Wildman–Crippen MR) is 107 cm³/mol. The van der Waals surface area contributed by atoms with Crippen LogP contribution in [0.1, 0.15) is 25.0 Å². The molecule has 0 radical (unpaired) electrons. The molecule has 1 N–H and O–H groups in total. The molecule has 0 aliphatic rings. The second-order valence-electron chi connectivity index (χ2n) is 6.04. The molecule has 0 bridgehead atoms. The van der Waals surface area contributed by atoms with E-state index in [2.05, 4.69) is 40.9 Å². The van der Waals surface area contributed by atoms with Gasteiger partial charge in [0, 0.05) is 6.92 Å². The first-order chi connectivity index (χ1) is 13.2. The molecule has 0 aliphatic carbocycles. The monoisotopic (exact) mass is 362 g/mol. The Hall–Kier alpha value is -3.34. The van der Waals surface area contributed by atoms with Crippen LogP contribution in [0.15, 0.2) is 65.8 Å². The van der Waals surface area contributed by atoms with E-state index in [-0.39, 0.29) is 5.91 Å². The lowest BCUT2D eigenvalue weighted by Crippen LogP contribution is -2.12. The van der Waals surface area contributed by atoms with Crippen LogP contribution in [0.2, 0.25) is 0 Å². The number of rotatable bonds is 7. The highest BCUT2D eigenvalue weighted by Gasteiger charge is 2.07. The van der Waals surface area contributed by atoms with Crippen molar-refractivity contribution in [3.05, 3.63) is 71.8 Å². The molecule has 0 spiro atoms. The zero-order valence-electron chi connectivity index (χ0n) is 15.4. The van der Waals surface area contributed by atoms with Crippen molar-refractivity contribution in [3.8, 4) is 11.5 Å². The number of carbonyl (C=O) groups is 1. The first-order valence-electron chi connectivity index (χ1n) is 8.82. The Morgan fingerprint density at radius 1 is 1.00 bits per heavy atom. The van der Waals surface area contributed by atoms with Crippen LogP contribution in [0, 0.1) is 0 Å². The number of fused-ring (bicyclic) bond motifs is 1. The van der Waals surface area contributed by atoms with Gasteiger partial charge < -0.3 is 9.47 Å². The molecule has 0 atom stereocenters. The summed E-state index contributed by atoms with van der Waals surface area (Å²) in [5.41, 5.74) is 4.28. The fourth-order valence-corrected chi connectivity index (χ4v) is 2.68. The second-order valence-corrected chi connectivity index (χ2v) is 6.04. The van der Waals surface area contributed by atoms with E-state index >= 15 is 0 Å². The third-order valence-corrected chi connectivity index (χ3v) is 3.91. The van der Waals surface area contributed by atoms with E-state index in [1.165, 1.54) is 17.7 Å². The van der Waals surface area contributed by atoms with Gasteiger partial charge in [-0.3, -0.25) is 4.79 Å². The molecule has 5 heteroatoms. The Labute approximate surface area is 158 Å². The van der Waals surface area contributed by atoms with Gasteiger partial charge in [0.2, 0.25) is 5.91 Å². The van der Waals surface area contributed by atoms with E-state index in [1.807, 2.05) is 37.3 Å². The van der Waals surface area contributed by atoms with Crippen molar-refractivity contribution in [3.63, 3.8) is 0 Å². The summed E-state index contributed by atoms with van der Waals surface area (Å²) in [4.78, 5) is 10.9. The minimum absolute atomic E-state index is 0.216. The molecule has 0 saturated heterocycles. The highest BCUT2D eigenvalue weighted by molar-refractivity contribution is 5.83. The molecule has 0 fully saturated rings. The van der Waals surface area contributed by atoms with Crippen molar-refractivity contribution in [1.29, 1.82) is 0 Å². The number of hydrazone groups is 1. The molecule has 0 unspecified atom stereocenters. The van der Waals surface area contributed by atoms with E-state index < -0.39 is 0 Å². The minimum Gasteiger partial charge on any atom is -0.490 e. The molecule has 3 rings (SSSR count). The molecular weight excluding hydrogens is 340 g/mol. The summed E-state index contributed by atoms with van der Waals surface area (Å²) < 4.78 is 11.7. The summed E-state index contributed by atoms with van der Waals surface area (Å²) in [5.74, 6) is 1.10. The zero-order chi connectivity index (χ0) is 19.1. The molecule has 1 amide bonds. The molecule has 27 heavy (non-hydrogen) atoms. The average molecular weight is 362 g/mol. The lowest BCUT2D eigenvalue weighted by molar-refractivity contribution is -0.118. The number of hydrogen-bond acceptors (Lipinski definition) is 4. The van der Waals surface area contributed by atoms with Gasteiger partial charge in [-0.05, 0) is 53.1 Å². The third kappa shape index (κ3) is 5.07. The van der Waals surface area contributed by atoms with Crippen LogP contribution in [-0.2, 0) is 11.4 Å². The molecule has 3 aromatic rings. The summed E-state index contributed by atoms with van der Waals surface area (Å²) in [6.45, 7) is 4.31. The van der Waals surface area contributed by atoms with Crippen molar-refractivity contribution in [2.24, 2.45) is 5.10 Å². The number of nitrogens with zero attached hydrogens (tertiary/aromatic N) is 1. The van der Waals surface area contributed by atoms with E-state index in [9.17, 15) is 4.79 Å². The first kappa shape index (κ1) is 18.5. The Kier molecular flexibility index (Phi) is 6.05. The average Bonchev–Trinajstić information content (AvgIpc) is 2.67. The highest BCUT2D eigenvalue weighted by Crippen LogP contribution is 2.29. The molecule has 5 nitrogen and oxygen atoms in total. The Morgan fingerprint density at radius 3 is 2.59 bits per heavy atom. The van der Waals surface area contributed by atoms with Crippen molar-refractivity contribution in [1.82, 2.24) is 5.43 Å². The summed E-state index contributed by atoms with van der Waals surface area (Å²) >= 11 is 0. The van der Waals surface area contributed by atoms with Crippen molar-refractivity contribution in [2.75, 3.05) is 6.61 Å². The summed E-state index contributed by atoms with van der Waals surface area (Å²) in [5, 5.41) is 6.27. The van der Waals surface area contributed by atoms with Crippen LogP contribution in [0.25, 0.3) is 10.8 Å². The Morgan fingerprint density at radius 2 is 1.81 bits per heavy atom. The topological polar surface area (TPSA) is 59.9 Å². The van der Waals surface area contributed by atoms with Gasteiger partial charge in [-0.2, -0.15) is 5.10 Å². The van der Waals surface area contributed by atoms with Crippen LogP contribution >= 0.6 is 0 Å². The molecular formula is C22H22N2O3. The smallest absolute Gasteiger partial charge is 0.236 e. The predicted octanol–water partition coefficient (Wildman–Crippen LogP) is 4.29. The zero-order valence-corrected chi connectivity index (χ0v) is 15.4. The number of hydrogen-bond donors (Lipinski definition) is 1. The fraction of sp³-hybridized carbons (Fsp3) is 0.182. The Bertz CT molecular complexity index is 967. The van der Waals surface area contributed by atoms with Crippen molar-refractivity contribution < 1.29 is 14.3 Å².